The summed E-state index contributed by atoms with van der Waals surface area (Å²) < 4.78 is 0. The van der Waals surface area contributed by atoms with Crippen molar-refractivity contribution < 1.29 is 19.6 Å². The summed E-state index contributed by atoms with van der Waals surface area (Å²) in [6.07, 6.45) is 2.00. The topological polar surface area (TPSA) is 113 Å². The van der Waals surface area contributed by atoms with Gasteiger partial charge in [0.2, 0.25) is 0 Å². The van der Waals surface area contributed by atoms with E-state index in [1.165, 1.54) is 18.2 Å². The van der Waals surface area contributed by atoms with Gasteiger partial charge in [0.15, 0.2) is 0 Å². The Kier molecular flexibility index (Phi) is 5.35. The van der Waals surface area contributed by atoms with E-state index in [9.17, 15) is 19.7 Å². The van der Waals surface area contributed by atoms with Gasteiger partial charge in [0.1, 0.15) is 5.69 Å². The van der Waals surface area contributed by atoms with E-state index in [2.05, 4.69) is 5.32 Å². The maximum absolute atomic E-state index is 12.4. The van der Waals surface area contributed by atoms with Crippen molar-refractivity contribution in [2.75, 3.05) is 18.0 Å². The summed E-state index contributed by atoms with van der Waals surface area (Å²) in [6.45, 7) is 1.75. The molecule has 2 aromatic rings. The molecule has 3 rings (SSSR count). The van der Waals surface area contributed by atoms with Crippen LogP contribution in [0.25, 0.3) is 0 Å². The SMILES string of the molecule is O=C(O)c1ccc(CNC(=O)c2ccc(N3CCCC3)c([N+](=O)[O-])c2)cc1. The predicted molar refractivity (Wildman–Crippen MR) is 99.1 cm³/mol. The third kappa shape index (κ3) is 4.22. The molecule has 1 heterocycles. The zero-order chi connectivity index (χ0) is 19.4. The van der Waals surface area contributed by atoms with Crippen LogP contribution >= 0.6 is 0 Å². The first-order chi connectivity index (χ1) is 13.0. The number of benzene rings is 2. The van der Waals surface area contributed by atoms with Gasteiger partial charge in [-0.25, -0.2) is 4.79 Å². The van der Waals surface area contributed by atoms with E-state index in [-0.39, 0.29) is 23.4 Å². The van der Waals surface area contributed by atoms with Crippen LogP contribution in [-0.2, 0) is 6.54 Å². The minimum Gasteiger partial charge on any atom is -0.478 e. The highest BCUT2D eigenvalue weighted by atomic mass is 16.6. The highest BCUT2D eigenvalue weighted by Gasteiger charge is 2.23. The Bertz CT molecular complexity index is 873. The van der Waals surface area contributed by atoms with E-state index in [1.54, 1.807) is 24.3 Å². The number of carbonyl (C=O) groups is 2. The van der Waals surface area contributed by atoms with Crippen LogP contribution in [0, 0.1) is 10.1 Å². The van der Waals surface area contributed by atoms with E-state index in [0.29, 0.717) is 5.69 Å². The Labute approximate surface area is 155 Å². The molecule has 2 N–H and O–H groups in total. The van der Waals surface area contributed by atoms with E-state index in [4.69, 9.17) is 5.11 Å². The van der Waals surface area contributed by atoms with Crippen molar-refractivity contribution in [2.24, 2.45) is 0 Å². The number of carbonyl (C=O) groups excluding carboxylic acids is 1. The van der Waals surface area contributed by atoms with Gasteiger partial charge in [0, 0.05) is 31.3 Å². The van der Waals surface area contributed by atoms with Crippen molar-refractivity contribution >= 4 is 23.3 Å². The summed E-state index contributed by atoms with van der Waals surface area (Å²) in [5.41, 5.74) is 1.58. The zero-order valence-electron chi connectivity index (χ0n) is 14.6. The molecule has 8 heteroatoms. The normalized spacial score (nSPS) is 13.4. The van der Waals surface area contributed by atoms with Gasteiger partial charge in [0.05, 0.1) is 10.5 Å². The summed E-state index contributed by atoms with van der Waals surface area (Å²) in [6, 6.07) is 10.7. The number of carboxylic acids is 1. The number of nitro groups is 1. The molecule has 0 bridgehead atoms. The molecule has 1 amide bonds. The van der Waals surface area contributed by atoms with Crippen LogP contribution in [0.3, 0.4) is 0 Å². The molecule has 0 spiro atoms. The summed E-state index contributed by atoms with van der Waals surface area (Å²) in [4.78, 5) is 36.1. The second-order valence-electron chi connectivity index (χ2n) is 6.34. The highest BCUT2D eigenvalue weighted by molar-refractivity contribution is 5.95. The molecule has 0 radical (unpaired) electrons. The first-order valence-electron chi connectivity index (χ1n) is 8.59. The third-order valence-corrected chi connectivity index (χ3v) is 4.54. The number of anilines is 1. The Morgan fingerprint density at radius 3 is 2.30 bits per heavy atom. The van der Waals surface area contributed by atoms with E-state index in [1.807, 2.05) is 4.90 Å². The van der Waals surface area contributed by atoms with Crippen molar-refractivity contribution in [3.05, 3.63) is 69.3 Å². The number of hydrogen-bond donors (Lipinski definition) is 2. The molecule has 0 aromatic heterocycles. The zero-order valence-corrected chi connectivity index (χ0v) is 14.6. The van der Waals surface area contributed by atoms with Gasteiger partial charge in [0.25, 0.3) is 11.6 Å². The van der Waals surface area contributed by atoms with Crippen LogP contribution in [0.2, 0.25) is 0 Å². The third-order valence-electron chi connectivity index (χ3n) is 4.54. The molecule has 1 fully saturated rings. The van der Waals surface area contributed by atoms with Crippen LogP contribution in [-0.4, -0.2) is 35.0 Å². The Morgan fingerprint density at radius 1 is 1.07 bits per heavy atom. The number of nitrogens with zero attached hydrogens (tertiary/aromatic N) is 2. The molecule has 0 atom stereocenters. The molecule has 0 saturated carbocycles. The predicted octanol–water partition coefficient (Wildman–Crippen LogP) is 2.82. The van der Waals surface area contributed by atoms with Crippen LogP contribution < -0.4 is 10.2 Å². The van der Waals surface area contributed by atoms with Crippen molar-refractivity contribution in [3.8, 4) is 0 Å². The average Bonchev–Trinajstić information content (AvgIpc) is 3.20. The number of hydrogen-bond acceptors (Lipinski definition) is 5. The van der Waals surface area contributed by atoms with Crippen LogP contribution in [0.1, 0.15) is 39.1 Å². The van der Waals surface area contributed by atoms with Crippen molar-refractivity contribution in [1.29, 1.82) is 0 Å². The first kappa shape index (κ1) is 18.4. The summed E-state index contributed by atoms with van der Waals surface area (Å²) in [5, 5.41) is 23.0. The van der Waals surface area contributed by atoms with Gasteiger partial charge in [-0.3, -0.25) is 14.9 Å². The van der Waals surface area contributed by atoms with Crippen molar-refractivity contribution in [1.82, 2.24) is 5.32 Å². The molecule has 140 valence electrons. The van der Waals surface area contributed by atoms with Gasteiger partial charge in [-0.15, -0.1) is 0 Å². The lowest BCUT2D eigenvalue weighted by Gasteiger charge is -2.17. The summed E-state index contributed by atoms with van der Waals surface area (Å²) in [7, 11) is 0. The fraction of sp³-hybridized carbons (Fsp3) is 0.263. The van der Waals surface area contributed by atoms with Gasteiger partial charge in [-0.2, -0.15) is 0 Å². The molecule has 2 aromatic carbocycles. The van der Waals surface area contributed by atoms with Crippen LogP contribution in [0.4, 0.5) is 11.4 Å². The molecule has 1 saturated heterocycles. The number of nitrogens with one attached hydrogen (secondary N) is 1. The van der Waals surface area contributed by atoms with Crippen molar-refractivity contribution in [3.63, 3.8) is 0 Å². The molecule has 8 nitrogen and oxygen atoms in total. The van der Waals surface area contributed by atoms with Crippen molar-refractivity contribution in [2.45, 2.75) is 19.4 Å². The fourth-order valence-corrected chi connectivity index (χ4v) is 3.09. The smallest absolute Gasteiger partial charge is 0.335 e. The molecule has 1 aliphatic heterocycles. The van der Waals surface area contributed by atoms with E-state index >= 15 is 0 Å². The fourth-order valence-electron chi connectivity index (χ4n) is 3.09. The Hall–Kier alpha value is -3.42. The Morgan fingerprint density at radius 2 is 1.70 bits per heavy atom. The quantitative estimate of drug-likeness (QED) is 0.598. The number of amides is 1. The molecular formula is C19H19N3O5. The van der Waals surface area contributed by atoms with E-state index in [0.717, 1.165) is 31.5 Å². The summed E-state index contributed by atoms with van der Waals surface area (Å²) in [5.74, 6) is -1.44. The number of nitro benzene ring substituents is 1. The minimum atomic E-state index is -1.02. The molecular weight excluding hydrogens is 350 g/mol. The van der Waals surface area contributed by atoms with Gasteiger partial charge >= 0.3 is 5.97 Å². The maximum atomic E-state index is 12.4. The monoisotopic (exact) mass is 369 g/mol. The largest absolute Gasteiger partial charge is 0.478 e. The minimum absolute atomic E-state index is 0.0737. The highest BCUT2D eigenvalue weighted by Crippen LogP contribution is 2.31. The van der Waals surface area contributed by atoms with Gasteiger partial charge in [-0.05, 0) is 42.7 Å². The molecule has 1 aliphatic rings. The van der Waals surface area contributed by atoms with Crippen LogP contribution in [0.15, 0.2) is 42.5 Å². The number of carboxylic acid groups (broad SMARTS) is 1. The lowest BCUT2D eigenvalue weighted by molar-refractivity contribution is -0.384. The van der Waals surface area contributed by atoms with Gasteiger partial charge < -0.3 is 15.3 Å². The van der Waals surface area contributed by atoms with Crippen LogP contribution in [0.5, 0.6) is 0 Å². The van der Waals surface area contributed by atoms with E-state index < -0.39 is 16.8 Å². The lowest BCUT2D eigenvalue weighted by atomic mass is 10.1. The molecule has 27 heavy (non-hydrogen) atoms. The second-order valence-corrected chi connectivity index (χ2v) is 6.34. The number of aromatic carboxylic acids is 1. The summed E-state index contributed by atoms with van der Waals surface area (Å²) >= 11 is 0. The average molecular weight is 369 g/mol. The standard InChI is InChI=1S/C19H19N3O5/c23-18(20-12-13-3-5-14(6-4-13)19(24)25)15-7-8-16(17(11-15)22(26)27)21-9-1-2-10-21/h3-8,11H,1-2,9-10,12H2,(H,20,23)(H,24,25). The maximum Gasteiger partial charge on any atom is 0.335 e. The van der Waals surface area contributed by atoms with Gasteiger partial charge in [-0.1, -0.05) is 12.1 Å². The molecule has 0 aliphatic carbocycles. The lowest BCUT2D eigenvalue weighted by Crippen LogP contribution is -2.24. The first-order valence-corrected chi connectivity index (χ1v) is 8.59. The Balaban J connectivity index is 1.71. The second kappa shape index (κ2) is 7.86. The molecule has 0 unspecified atom stereocenters. The number of rotatable bonds is 6.